The molecule has 1 fully saturated rings. The fourth-order valence-corrected chi connectivity index (χ4v) is 5.16. The summed E-state index contributed by atoms with van der Waals surface area (Å²) in [6.45, 7) is 7.07. The molecular formula is C25H33N3O4S. The molecule has 2 N–H and O–H groups in total. The van der Waals surface area contributed by atoms with E-state index in [0.29, 0.717) is 18.5 Å². The van der Waals surface area contributed by atoms with Crippen LogP contribution in [0.5, 0.6) is 0 Å². The lowest BCUT2D eigenvalue weighted by Crippen LogP contribution is -2.40. The minimum absolute atomic E-state index is 0.123. The Morgan fingerprint density at radius 2 is 1.48 bits per heavy atom. The van der Waals surface area contributed by atoms with Gasteiger partial charge in [0.15, 0.2) is 0 Å². The highest BCUT2D eigenvalue weighted by atomic mass is 32.2. The van der Waals surface area contributed by atoms with Crippen LogP contribution in [-0.2, 0) is 32.5 Å². The second-order valence-corrected chi connectivity index (χ2v) is 11.2. The van der Waals surface area contributed by atoms with E-state index < -0.39 is 15.6 Å². The summed E-state index contributed by atoms with van der Waals surface area (Å²) in [6.07, 6.45) is 3.32. The number of aryl methyl sites for hydroxylation is 1. The number of sulfonamides is 1. The third kappa shape index (κ3) is 7.68. The lowest BCUT2D eigenvalue weighted by molar-refractivity contribution is -0.129. The van der Waals surface area contributed by atoms with Gasteiger partial charge >= 0.3 is 0 Å². The standard InChI is InChI=1S/C25H33N3O4S/c1-25(2,3)27-33(31,32)22-13-8-19(9-14-22)10-15-23(29)26-21-11-6-20(7-12-21)18-24(30)28-16-4-5-17-28/h6-9,11-14,27H,4-5,10,15-18H2,1-3H3,(H,26,29). The molecule has 0 saturated carbocycles. The number of carbonyl (C=O) groups excluding carboxylic acids is 2. The number of nitrogens with one attached hydrogen (secondary N) is 2. The lowest BCUT2D eigenvalue weighted by atomic mass is 10.1. The molecule has 0 atom stereocenters. The van der Waals surface area contributed by atoms with Gasteiger partial charge in [-0.25, -0.2) is 13.1 Å². The molecule has 0 bridgehead atoms. The van der Waals surface area contributed by atoms with Crippen molar-refractivity contribution in [2.45, 2.75) is 63.3 Å². The van der Waals surface area contributed by atoms with Gasteiger partial charge in [0, 0.05) is 30.7 Å². The molecule has 0 aliphatic carbocycles. The SMILES string of the molecule is CC(C)(C)NS(=O)(=O)c1ccc(CCC(=O)Nc2ccc(CC(=O)N3CCCC3)cc2)cc1. The Bertz CT molecular complexity index is 1070. The number of amides is 2. The van der Waals surface area contributed by atoms with Gasteiger partial charge in [-0.05, 0) is 75.4 Å². The number of hydrogen-bond acceptors (Lipinski definition) is 4. The molecule has 33 heavy (non-hydrogen) atoms. The number of benzene rings is 2. The van der Waals surface area contributed by atoms with E-state index in [1.165, 1.54) is 0 Å². The normalized spacial score (nSPS) is 14.3. The van der Waals surface area contributed by atoms with Crippen molar-refractivity contribution >= 4 is 27.5 Å². The number of hydrogen-bond donors (Lipinski definition) is 2. The molecule has 8 heteroatoms. The van der Waals surface area contributed by atoms with Crippen LogP contribution in [0.1, 0.15) is 51.2 Å². The van der Waals surface area contributed by atoms with Crippen LogP contribution >= 0.6 is 0 Å². The van der Waals surface area contributed by atoms with Crippen molar-refractivity contribution in [3.8, 4) is 0 Å². The van der Waals surface area contributed by atoms with E-state index in [1.54, 1.807) is 45.0 Å². The van der Waals surface area contributed by atoms with Gasteiger partial charge in [0.2, 0.25) is 21.8 Å². The predicted octanol–water partition coefficient (Wildman–Crippen LogP) is 3.50. The Hall–Kier alpha value is -2.71. The summed E-state index contributed by atoms with van der Waals surface area (Å²) >= 11 is 0. The molecule has 0 spiro atoms. The fourth-order valence-electron chi connectivity index (χ4n) is 3.74. The van der Waals surface area contributed by atoms with Gasteiger partial charge in [-0.3, -0.25) is 9.59 Å². The summed E-state index contributed by atoms with van der Waals surface area (Å²) in [4.78, 5) is 26.7. The molecule has 1 saturated heterocycles. The molecule has 1 heterocycles. The first-order chi connectivity index (χ1) is 15.5. The van der Waals surface area contributed by atoms with E-state index in [2.05, 4.69) is 10.0 Å². The first-order valence-corrected chi connectivity index (χ1v) is 12.8. The Kier molecular flexibility index (Phi) is 7.92. The van der Waals surface area contributed by atoms with Crippen molar-refractivity contribution < 1.29 is 18.0 Å². The molecule has 1 aliphatic rings. The van der Waals surface area contributed by atoms with Crippen LogP contribution in [0.4, 0.5) is 5.69 Å². The van der Waals surface area contributed by atoms with E-state index in [1.807, 2.05) is 29.2 Å². The van der Waals surface area contributed by atoms with E-state index >= 15 is 0 Å². The zero-order valence-electron chi connectivity index (χ0n) is 19.6. The number of likely N-dealkylation sites (tertiary alicyclic amines) is 1. The Morgan fingerprint density at radius 3 is 2.06 bits per heavy atom. The van der Waals surface area contributed by atoms with E-state index in [0.717, 1.165) is 37.1 Å². The second-order valence-electron chi connectivity index (χ2n) is 9.51. The average molecular weight is 472 g/mol. The van der Waals surface area contributed by atoms with Crippen LogP contribution in [0.15, 0.2) is 53.4 Å². The smallest absolute Gasteiger partial charge is 0.241 e. The highest BCUT2D eigenvalue weighted by Crippen LogP contribution is 2.16. The van der Waals surface area contributed by atoms with Crippen LogP contribution < -0.4 is 10.0 Å². The van der Waals surface area contributed by atoms with Gasteiger partial charge in [0.1, 0.15) is 0 Å². The van der Waals surface area contributed by atoms with E-state index in [4.69, 9.17) is 0 Å². The highest BCUT2D eigenvalue weighted by molar-refractivity contribution is 7.89. The number of anilines is 1. The number of carbonyl (C=O) groups is 2. The van der Waals surface area contributed by atoms with Crippen molar-refractivity contribution in [2.75, 3.05) is 18.4 Å². The fraction of sp³-hybridized carbons (Fsp3) is 0.440. The molecule has 2 amide bonds. The van der Waals surface area contributed by atoms with E-state index in [-0.39, 0.29) is 23.1 Å². The Morgan fingerprint density at radius 1 is 0.909 bits per heavy atom. The minimum Gasteiger partial charge on any atom is -0.342 e. The summed E-state index contributed by atoms with van der Waals surface area (Å²) in [5, 5.41) is 2.87. The van der Waals surface area contributed by atoms with Crippen LogP contribution in [0.25, 0.3) is 0 Å². The molecule has 0 radical (unpaired) electrons. The molecule has 1 aliphatic heterocycles. The first-order valence-electron chi connectivity index (χ1n) is 11.3. The molecule has 178 valence electrons. The molecule has 2 aromatic carbocycles. The molecule has 2 aromatic rings. The van der Waals surface area contributed by atoms with Crippen molar-refractivity contribution in [2.24, 2.45) is 0 Å². The maximum atomic E-state index is 12.4. The lowest BCUT2D eigenvalue weighted by Gasteiger charge is -2.20. The van der Waals surface area contributed by atoms with Crippen LogP contribution in [0.3, 0.4) is 0 Å². The van der Waals surface area contributed by atoms with Crippen LogP contribution in [-0.4, -0.2) is 43.8 Å². The molecular weight excluding hydrogens is 438 g/mol. The van der Waals surface area contributed by atoms with Gasteiger partial charge in [0.05, 0.1) is 11.3 Å². The molecule has 0 unspecified atom stereocenters. The average Bonchev–Trinajstić information content (AvgIpc) is 3.27. The van der Waals surface area contributed by atoms with E-state index in [9.17, 15) is 18.0 Å². The van der Waals surface area contributed by atoms with Crippen LogP contribution in [0, 0.1) is 0 Å². The third-order valence-corrected chi connectivity index (χ3v) is 7.14. The quantitative estimate of drug-likeness (QED) is 0.616. The summed E-state index contributed by atoms with van der Waals surface area (Å²) in [5.74, 6) is 0.0271. The topological polar surface area (TPSA) is 95.6 Å². The van der Waals surface area contributed by atoms with Gasteiger partial charge < -0.3 is 10.2 Å². The highest BCUT2D eigenvalue weighted by Gasteiger charge is 2.22. The zero-order valence-corrected chi connectivity index (χ0v) is 20.4. The summed E-state index contributed by atoms with van der Waals surface area (Å²) in [6, 6.07) is 13.9. The van der Waals surface area contributed by atoms with Crippen molar-refractivity contribution in [3.05, 3.63) is 59.7 Å². The predicted molar refractivity (Wildman–Crippen MR) is 129 cm³/mol. The van der Waals surface area contributed by atoms with Crippen LogP contribution in [0.2, 0.25) is 0 Å². The van der Waals surface area contributed by atoms with Gasteiger partial charge in [-0.2, -0.15) is 0 Å². The monoisotopic (exact) mass is 471 g/mol. The maximum absolute atomic E-state index is 12.4. The summed E-state index contributed by atoms with van der Waals surface area (Å²) < 4.78 is 27.4. The van der Waals surface area contributed by atoms with Crippen molar-refractivity contribution in [1.29, 1.82) is 0 Å². The zero-order chi connectivity index (χ0) is 24.1. The molecule has 7 nitrogen and oxygen atoms in total. The second kappa shape index (κ2) is 10.5. The van der Waals surface area contributed by atoms with Gasteiger partial charge in [-0.1, -0.05) is 24.3 Å². The van der Waals surface area contributed by atoms with Gasteiger partial charge in [0.25, 0.3) is 0 Å². The minimum atomic E-state index is -3.58. The number of nitrogens with zero attached hydrogens (tertiary/aromatic N) is 1. The molecule has 0 aromatic heterocycles. The Labute approximate surface area is 196 Å². The third-order valence-electron chi connectivity index (χ3n) is 5.37. The number of rotatable bonds is 8. The first kappa shape index (κ1) is 24.9. The van der Waals surface area contributed by atoms with Gasteiger partial charge in [-0.15, -0.1) is 0 Å². The largest absolute Gasteiger partial charge is 0.342 e. The Balaban J connectivity index is 1.47. The maximum Gasteiger partial charge on any atom is 0.241 e. The summed E-state index contributed by atoms with van der Waals surface area (Å²) in [7, 11) is -3.58. The van der Waals surface area contributed by atoms with Crippen molar-refractivity contribution in [1.82, 2.24) is 9.62 Å². The summed E-state index contributed by atoms with van der Waals surface area (Å²) in [5.41, 5.74) is 1.95. The van der Waals surface area contributed by atoms with Crippen molar-refractivity contribution in [3.63, 3.8) is 0 Å². The molecule has 3 rings (SSSR count).